The van der Waals surface area contributed by atoms with Crippen LogP contribution < -0.4 is 5.32 Å². The van der Waals surface area contributed by atoms with Gasteiger partial charge in [-0.3, -0.25) is 0 Å². The summed E-state index contributed by atoms with van der Waals surface area (Å²) >= 11 is 1.95. The number of hydrogen-bond acceptors (Lipinski definition) is 3. The SMILES string of the molecule is CNCC(C)c1nc2c(s1)CC(C(C)C)CC2. The molecule has 17 heavy (non-hydrogen) atoms. The number of fused-ring (bicyclic) bond motifs is 1. The Balaban J connectivity index is 2.11. The van der Waals surface area contributed by atoms with Crippen LogP contribution in [0.4, 0.5) is 0 Å². The van der Waals surface area contributed by atoms with E-state index >= 15 is 0 Å². The normalized spacial score (nSPS) is 21.6. The fourth-order valence-corrected chi connectivity index (χ4v) is 3.85. The number of likely N-dealkylation sites (N-methyl/N-ethyl adjacent to an activating group) is 1. The van der Waals surface area contributed by atoms with E-state index in [1.807, 2.05) is 18.4 Å². The van der Waals surface area contributed by atoms with Gasteiger partial charge in [0.1, 0.15) is 0 Å². The molecule has 2 rings (SSSR count). The fourth-order valence-electron chi connectivity index (χ4n) is 2.59. The topological polar surface area (TPSA) is 24.9 Å². The molecule has 2 nitrogen and oxygen atoms in total. The molecule has 1 aromatic rings. The second-order valence-electron chi connectivity index (χ2n) is 5.63. The van der Waals surface area contributed by atoms with E-state index < -0.39 is 0 Å². The summed E-state index contributed by atoms with van der Waals surface area (Å²) in [5.41, 5.74) is 1.39. The molecule has 96 valence electrons. The molecule has 0 bridgehead atoms. The summed E-state index contributed by atoms with van der Waals surface area (Å²) in [4.78, 5) is 6.40. The molecule has 0 amide bonds. The standard InChI is InChI=1S/C14H24N2S/c1-9(2)11-5-6-12-13(7-11)17-14(16-12)10(3)8-15-4/h9-11,15H,5-8H2,1-4H3. The highest BCUT2D eigenvalue weighted by atomic mass is 32.1. The molecular weight excluding hydrogens is 228 g/mol. The number of hydrogen-bond donors (Lipinski definition) is 1. The lowest BCUT2D eigenvalue weighted by Crippen LogP contribution is -2.18. The van der Waals surface area contributed by atoms with Crippen LogP contribution in [0, 0.1) is 11.8 Å². The lowest BCUT2D eigenvalue weighted by molar-refractivity contribution is 0.344. The van der Waals surface area contributed by atoms with Gasteiger partial charge in [-0.2, -0.15) is 0 Å². The minimum absolute atomic E-state index is 0.549. The van der Waals surface area contributed by atoms with Crippen LogP contribution >= 0.6 is 11.3 Å². The van der Waals surface area contributed by atoms with Crippen molar-refractivity contribution in [3.63, 3.8) is 0 Å². The average molecular weight is 252 g/mol. The van der Waals surface area contributed by atoms with Gasteiger partial charge in [0.25, 0.3) is 0 Å². The van der Waals surface area contributed by atoms with Gasteiger partial charge in [-0.05, 0) is 38.1 Å². The zero-order chi connectivity index (χ0) is 12.4. The smallest absolute Gasteiger partial charge is 0.0971 e. The summed E-state index contributed by atoms with van der Waals surface area (Å²) in [6, 6.07) is 0. The van der Waals surface area contributed by atoms with Crippen molar-refractivity contribution >= 4 is 11.3 Å². The van der Waals surface area contributed by atoms with Crippen LogP contribution in [-0.2, 0) is 12.8 Å². The molecule has 1 aromatic heterocycles. The van der Waals surface area contributed by atoms with Crippen LogP contribution in [0.15, 0.2) is 0 Å². The third kappa shape index (κ3) is 2.89. The van der Waals surface area contributed by atoms with E-state index in [0.29, 0.717) is 5.92 Å². The Morgan fingerprint density at radius 1 is 1.41 bits per heavy atom. The van der Waals surface area contributed by atoms with Gasteiger partial charge >= 0.3 is 0 Å². The van der Waals surface area contributed by atoms with Crippen LogP contribution in [0.2, 0.25) is 0 Å². The number of aromatic nitrogens is 1. The van der Waals surface area contributed by atoms with Gasteiger partial charge < -0.3 is 5.32 Å². The van der Waals surface area contributed by atoms with Gasteiger partial charge in [0.05, 0.1) is 10.7 Å². The van der Waals surface area contributed by atoms with E-state index in [0.717, 1.165) is 18.4 Å². The molecule has 0 fully saturated rings. The molecule has 0 aliphatic heterocycles. The van der Waals surface area contributed by atoms with Gasteiger partial charge in [0.15, 0.2) is 0 Å². The molecule has 3 heteroatoms. The first-order chi connectivity index (χ1) is 8.11. The third-order valence-electron chi connectivity index (χ3n) is 3.87. The van der Waals surface area contributed by atoms with Crippen LogP contribution in [0.1, 0.15) is 48.7 Å². The molecule has 0 saturated heterocycles. The van der Waals surface area contributed by atoms with Gasteiger partial charge in [0, 0.05) is 17.3 Å². The predicted molar refractivity (Wildman–Crippen MR) is 74.8 cm³/mol. The zero-order valence-corrected chi connectivity index (χ0v) is 12.2. The van der Waals surface area contributed by atoms with Crippen LogP contribution in [-0.4, -0.2) is 18.6 Å². The van der Waals surface area contributed by atoms with Crippen molar-refractivity contribution in [1.29, 1.82) is 0 Å². The molecule has 1 aliphatic carbocycles. The molecule has 0 aromatic carbocycles. The highest BCUT2D eigenvalue weighted by Gasteiger charge is 2.25. The summed E-state index contributed by atoms with van der Waals surface area (Å²) in [5, 5.41) is 4.57. The van der Waals surface area contributed by atoms with E-state index in [1.165, 1.54) is 30.0 Å². The number of aryl methyl sites for hydroxylation is 1. The van der Waals surface area contributed by atoms with Crippen molar-refractivity contribution in [1.82, 2.24) is 10.3 Å². The van der Waals surface area contributed by atoms with Gasteiger partial charge in [-0.15, -0.1) is 11.3 Å². The predicted octanol–water partition coefficient (Wildman–Crippen LogP) is 3.23. The monoisotopic (exact) mass is 252 g/mol. The summed E-state index contributed by atoms with van der Waals surface area (Å²) < 4.78 is 0. The summed E-state index contributed by atoms with van der Waals surface area (Å²) in [6.07, 6.45) is 3.78. The summed E-state index contributed by atoms with van der Waals surface area (Å²) in [6.45, 7) is 7.99. The van der Waals surface area contributed by atoms with Crippen molar-refractivity contribution in [2.75, 3.05) is 13.6 Å². The van der Waals surface area contributed by atoms with Crippen molar-refractivity contribution < 1.29 is 0 Å². The first-order valence-electron chi connectivity index (χ1n) is 6.74. The molecule has 0 spiro atoms. The first kappa shape index (κ1) is 13.0. The maximum atomic E-state index is 4.84. The molecule has 2 atom stereocenters. The molecular formula is C14H24N2S. The molecule has 0 radical (unpaired) electrons. The summed E-state index contributed by atoms with van der Waals surface area (Å²) in [5.74, 6) is 2.23. The van der Waals surface area contributed by atoms with E-state index in [1.54, 1.807) is 4.88 Å². The Labute approximate surface area is 109 Å². The van der Waals surface area contributed by atoms with Gasteiger partial charge in [-0.25, -0.2) is 4.98 Å². The highest BCUT2D eigenvalue weighted by Crippen LogP contribution is 2.35. The largest absolute Gasteiger partial charge is 0.319 e. The molecule has 1 heterocycles. The third-order valence-corrected chi connectivity index (χ3v) is 5.22. The van der Waals surface area contributed by atoms with Crippen molar-refractivity contribution in [2.24, 2.45) is 11.8 Å². The average Bonchev–Trinajstić information content (AvgIpc) is 2.71. The van der Waals surface area contributed by atoms with E-state index in [9.17, 15) is 0 Å². The number of rotatable bonds is 4. The Bertz CT molecular complexity index is 370. The number of thiazole rings is 1. The molecule has 2 unspecified atom stereocenters. The van der Waals surface area contributed by atoms with Crippen molar-refractivity contribution in [3.05, 3.63) is 15.6 Å². The molecule has 0 saturated carbocycles. The van der Waals surface area contributed by atoms with E-state index in [2.05, 4.69) is 26.1 Å². The van der Waals surface area contributed by atoms with Crippen molar-refractivity contribution in [2.45, 2.75) is 46.0 Å². The highest BCUT2D eigenvalue weighted by molar-refractivity contribution is 7.11. The van der Waals surface area contributed by atoms with Gasteiger partial charge in [0.2, 0.25) is 0 Å². The maximum Gasteiger partial charge on any atom is 0.0971 e. The fraction of sp³-hybridized carbons (Fsp3) is 0.786. The number of nitrogens with zero attached hydrogens (tertiary/aromatic N) is 1. The second kappa shape index (κ2) is 5.49. The van der Waals surface area contributed by atoms with Crippen molar-refractivity contribution in [3.8, 4) is 0 Å². The van der Waals surface area contributed by atoms with Gasteiger partial charge in [-0.1, -0.05) is 20.8 Å². The lowest BCUT2D eigenvalue weighted by Gasteiger charge is -2.24. The van der Waals surface area contributed by atoms with E-state index in [-0.39, 0.29) is 0 Å². The minimum atomic E-state index is 0.549. The first-order valence-corrected chi connectivity index (χ1v) is 7.56. The van der Waals surface area contributed by atoms with Crippen LogP contribution in [0.5, 0.6) is 0 Å². The maximum absolute atomic E-state index is 4.84. The quantitative estimate of drug-likeness (QED) is 0.890. The number of nitrogens with one attached hydrogen (secondary N) is 1. The van der Waals surface area contributed by atoms with Crippen LogP contribution in [0.25, 0.3) is 0 Å². The lowest BCUT2D eigenvalue weighted by atomic mass is 9.83. The van der Waals surface area contributed by atoms with Crippen LogP contribution in [0.3, 0.4) is 0 Å². The zero-order valence-electron chi connectivity index (χ0n) is 11.4. The minimum Gasteiger partial charge on any atom is -0.319 e. The summed E-state index contributed by atoms with van der Waals surface area (Å²) in [7, 11) is 2.01. The molecule has 1 aliphatic rings. The Morgan fingerprint density at radius 2 is 2.18 bits per heavy atom. The second-order valence-corrected chi connectivity index (χ2v) is 6.74. The Kier molecular flexibility index (Phi) is 4.21. The molecule has 1 N–H and O–H groups in total. The Morgan fingerprint density at radius 3 is 2.82 bits per heavy atom. The Hall–Kier alpha value is -0.410. The van der Waals surface area contributed by atoms with E-state index in [4.69, 9.17) is 4.98 Å².